The SMILES string of the molecule is CCS(=O)(=O)c1cc(-c2ccc(C(F)(F)F)cc2)cnc1C(=Nc1ccc(C(F)(F)F)cn1)NC(C)=O. The minimum atomic E-state index is -4.65. The van der Waals surface area contributed by atoms with E-state index in [-0.39, 0.29) is 22.6 Å². The van der Waals surface area contributed by atoms with Gasteiger partial charge in [-0.1, -0.05) is 19.1 Å². The van der Waals surface area contributed by atoms with Gasteiger partial charge in [-0.2, -0.15) is 26.3 Å². The molecule has 7 nitrogen and oxygen atoms in total. The van der Waals surface area contributed by atoms with Crippen LogP contribution in [0.4, 0.5) is 32.2 Å². The lowest BCUT2D eigenvalue weighted by Crippen LogP contribution is -2.31. The summed E-state index contributed by atoms with van der Waals surface area (Å²) in [6.45, 7) is 2.44. The number of nitrogens with zero attached hydrogens (tertiary/aromatic N) is 3. The van der Waals surface area contributed by atoms with Gasteiger partial charge in [0, 0.05) is 24.9 Å². The number of alkyl halides is 6. The Kier molecular flexibility index (Phi) is 7.72. The highest BCUT2D eigenvalue weighted by Gasteiger charge is 2.31. The van der Waals surface area contributed by atoms with Crippen molar-refractivity contribution in [1.29, 1.82) is 0 Å². The summed E-state index contributed by atoms with van der Waals surface area (Å²) in [4.78, 5) is 23.1. The molecule has 0 fully saturated rings. The third-order valence-electron chi connectivity index (χ3n) is 4.93. The van der Waals surface area contributed by atoms with E-state index in [4.69, 9.17) is 0 Å². The predicted octanol–water partition coefficient (Wildman–Crippen LogP) is 5.19. The van der Waals surface area contributed by atoms with Crippen LogP contribution in [0, 0.1) is 0 Å². The molecule has 2 heterocycles. The Labute approximate surface area is 207 Å². The van der Waals surface area contributed by atoms with E-state index >= 15 is 0 Å². The maximum Gasteiger partial charge on any atom is 0.417 e. The van der Waals surface area contributed by atoms with Gasteiger partial charge >= 0.3 is 12.4 Å². The third kappa shape index (κ3) is 6.70. The first-order chi connectivity index (χ1) is 17.1. The molecule has 0 radical (unpaired) electrons. The molecule has 0 aliphatic carbocycles. The van der Waals surface area contributed by atoms with Crippen molar-refractivity contribution in [3.8, 4) is 11.1 Å². The highest BCUT2D eigenvalue weighted by molar-refractivity contribution is 7.91. The number of aromatic nitrogens is 2. The van der Waals surface area contributed by atoms with E-state index in [0.717, 1.165) is 37.3 Å². The van der Waals surface area contributed by atoms with Crippen LogP contribution in [0.25, 0.3) is 11.1 Å². The van der Waals surface area contributed by atoms with E-state index in [1.807, 2.05) is 0 Å². The minimum absolute atomic E-state index is 0.166. The number of rotatable bonds is 5. The number of amidine groups is 1. The van der Waals surface area contributed by atoms with Crippen LogP contribution in [0.5, 0.6) is 0 Å². The van der Waals surface area contributed by atoms with Crippen molar-refractivity contribution in [3.05, 3.63) is 71.7 Å². The van der Waals surface area contributed by atoms with E-state index in [2.05, 4.69) is 20.3 Å². The Hall–Kier alpha value is -3.81. The Morgan fingerprint density at radius 3 is 1.97 bits per heavy atom. The van der Waals surface area contributed by atoms with E-state index < -0.39 is 55.7 Å². The van der Waals surface area contributed by atoms with Crippen molar-refractivity contribution in [2.75, 3.05) is 5.75 Å². The summed E-state index contributed by atoms with van der Waals surface area (Å²) in [6, 6.07) is 6.77. The molecule has 0 unspecified atom stereocenters. The molecule has 0 saturated carbocycles. The van der Waals surface area contributed by atoms with Crippen molar-refractivity contribution >= 4 is 27.4 Å². The fourth-order valence-electron chi connectivity index (χ4n) is 3.07. The molecule has 0 spiro atoms. The van der Waals surface area contributed by atoms with Crippen LogP contribution in [0.3, 0.4) is 0 Å². The van der Waals surface area contributed by atoms with Gasteiger partial charge in [0.2, 0.25) is 5.91 Å². The summed E-state index contributed by atoms with van der Waals surface area (Å²) < 4.78 is 103. The lowest BCUT2D eigenvalue weighted by atomic mass is 10.0. The maximum absolute atomic E-state index is 12.9. The number of aliphatic imine (C=N–C) groups is 1. The highest BCUT2D eigenvalue weighted by Crippen LogP contribution is 2.32. The van der Waals surface area contributed by atoms with Crippen LogP contribution in [-0.2, 0) is 27.0 Å². The van der Waals surface area contributed by atoms with Gasteiger partial charge in [-0.25, -0.2) is 18.4 Å². The topological polar surface area (TPSA) is 101 Å². The van der Waals surface area contributed by atoms with Gasteiger partial charge in [0.15, 0.2) is 21.5 Å². The third-order valence-corrected chi connectivity index (χ3v) is 6.68. The molecule has 2 aromatic heterocycles. The monoisotopic (exact) mass is 544 g/mol. The smallest absolute Gasteiger partial charge is 0.309 e. The number of nitrogens with one attached hydrogen (secondary N) is 1. The molecule has 1 N–H and O–H groups in total. The molecule has 1 amide bonds. The van der Waals surface area contributed by atoms with Crippen molar-refractivity contribution in [3.63, 3.8) is 0 Å². The lowest BCUT2D eigenvalue weighted by molar-refractivity contribution is -0.138. The first kappa shape index (κ1) is 27.8. The van der Waals surface area contributed by atoms with Crippen molar-refractivity contribution in [2.24, 2.45) is 4.99 Å². The zero-order valence-corrected chi connectivity index (χ0v) is 20.0. The summed E-state index contributed by atoms with van der Waals surface area (Å²) in [5, 5.41) is 2.31. The number of carbonyl (C=O) groups excluding carboxylic acids is 1. The molecule has 0 saturated heterocycles. The fourth-order valence-corrected chi connectivity index (χ4v) is 4.13. The largest absolute Gasteiger partial charge is 0.417 e. The molecule has 0 aliphatic rings. The number of sulfone groups is 1. The molecule has 37 heavy (non-hydrogen) atoms. The number of benzene rings is 1. The Balaban J connectivity index is 2.16. The van der Waals surface area contributed by atoms with Gasteiger partial charge < -0.3 is 5.32 Å². The van der Waals surface area contributed by atoms with Gasteiger partial charge in [-0.15, -0.1) is 0 Å². The number of halogens is 6. The second kappa shape index (κ2) is 10.3. The molecule has 14 heteroatoms. The number of carbonyl (C=O) groups is 1. The normalized spacial score (nSPS) is 12.9. The van der Waals surface area contributed by atoms with E-state index in [1.165, 1.54) is 19.2 Å². The molecule has 196 valence electrons. The van der Waals surface area contributed by atoms with Gasteiger partial charge in [0.25, 0.3) is 0 Å². The predicted molar refractivity (Wildman–Crippen MR) is 122 cm³/mol. The number of amides is 1. The van der Waals surface area contributed by atoms with Crippen LogP contribution < -0.4 is 5.32 Å². The molecular weight excluding hydrogens is 526 g/mol. The second-order valence-corrected chi connectivity index (χ2v) is 9.84. The molecule has 3 aromatic rings. The first-order valence-electron chi connectivity index (χ1n) is 10.4. The van der Waals surface area contributed by atoms with Crippen LogP contribution in [0.15, 0.2) is 64.7 Å². The van der Waals surface area contributed by atoms with Gasteiger partial charge in [-0.3, -0.25) is 9.78 Å². The van der Waals surface area contributed by atoms with Crippen molar-refractivity contribution < 1.29 is 39.6 Å². The van der Waals surface area contributed by atoms with Crippen molar-refractivity contribution in [1.82, 2.24) is 15.3 Å². The molecular formula is C23H18F6N4O3S. The average molecular weight is 544 g/mol. The zero-order valence-electron chi connectivity index (χ0n) is 19.1. The average Bonchev–Trinajstić information content (AvgIpc) is 2.82. The van der Waals surface area contributed by atoms with Gasteiger partial charge in [-0.05, 0) is 35.9 Å². The summed E-state index contributed by atoms with van der Waals surface area (Å²) >= 11 is 0. The highest BCUT2D eigenvalue weighted by atomic mass is 32.2. The zero-order chi connectivity index (χ0) is 27.6. The number of pyridine rings is 2. The molecule has 1 aromatic carbocycles. The summed E-state index contributed by atoms with van der Waals surface area (Å²) in [5.41, 5.74) is -1.86. The van der Waals surface area contributed by atoms with E-state index in [0.29, 0.717) is 12.3 Å². The van der Waals surface area contributed by atoms with E-state index in [1.54, 1.807) is 0 Å². The maximum atomic E-state index is 12.9. The quantitative estimate of drug-likeness (QED) is 0.271. The molecule has 0 aliphatic heterocycles. The Morgan fingerprint density at radius 1 is 0.892 bits per heavy atom. The lowest BCUT2D eigenvalue weighted by Gasteiger charge is -2.14. The van der Waals surface area contributed by atoms with Crippen LogP contribution >= 0.6 is 0 Å². The van der Waals surface area contributed by atoms with Crippen LogP contribution in [-0.4, -0.2) is 35.9 Å². The number of hydrogen-bond donors (Lipinski definition) is 1. The summed E-state index contributed by atoms with van der Waals surface area (Å²) in [7, 11) is -4.03. The first-order valence-corrected chi connectivity index (χ1v) is 12.1. The molecule has 0 atom stereocenters. The van der Waals surface area contributed by atoms with Gasteiger partial charge in [0.1, 0.15) is 5.69 Å². The van der Waals surface area contributed by atoms with Crippen LogP contribution in [0.2, 0.25) is 0 Å². The van der Waals surface area contributed by atoms with E-state index in [9.17, 15) is 39.6 Å². The van der Waals surface area contributed by atoms with Crippen LogP contribution in [0.1, 0.15) is 30.7 Å². The number of hydrogen-bond acceptors (Lipinski definition) is 6. The van der Waals surface area contributed by atoms with Gasteiger partial charge in [0.05, 0.1) is 21.8 Å². The molecule has 3 rings (SSSR count). The Morgan fingerprint density at radius 2 is 1.49 bits per heavy atom. The Bertz CT molecular complexity index is 1430. The summed E-state index contributed by atoms with van der Waals surface area (Å²) in [6.07, 6.45) is -7.51. The summed E-state index contributed by atoms with van der Waals surface area (Å²) in [5.74, 6) is -1.75. The second-order valence-electron chi connectivity index (χ2n) is 7.59. The molecule has 0 bridgehead atoms. The minimum Gasteiger partial charge on any atom is -0.309 e. The fraction of sp³-hybridized carbons (Fsp3) is 0.217. The van der Waals surface area contributed by atoms with Crippen molar-refractivity contribution in [2.45, 2.75) is 31.1 Å². The standard InChI is InChI=1S/C23H18F6N4O3S/c1-3-37(35,36)18-10-15(14-4-6-16(7-5-14)22(24,25)26)11-31-20(18)21(32-13(2)34)33-19-9-8-17(12-30-19)23(27,28)29/h4-12H,3H2,1-2H3,(H,30,32,33,34).